The second kappa shape index (κ2) is 5.22. The van der Waals surface area contributed by atoms with Crippen LogP contribution in [0.15, 0.2) is 12.7 Å². The highest BCUT2D eigenvalue weighted by molar-refractivity contribution is 7.80. The quantitative estimate of drug-likeness (QED) is 0.538. The Balaban J connectivity index is 2.32. The highest BCUT2D eigenvalue weighted by Crippen LogP contribution is 2.15. The van der Waals surface area contributed by atoms with Crippen LogP contribution in [0.5, 0.6) is 0 Å². The summed E-state index contributed by atoms with van der Waals surface area (Å²) in [6.07, 6.45) is 4.43. The van der Waals surface area contributed by atoms with Gasteiger partial charge < -0.3 is 10.2 Å². The Kier molecular flexibility index (Phi) is 4.22. The molecule has 1 N–H and O–H groups in total. The van der Waals surface area contributed by atoms with Crippen LogP contribution in [0.25, 0.3) is 0 Å². The molecule has 1 aliphatic rings. The summed E-state index contributed by atoms with van der Waals surface area (Å²) >= 11 is 5.26. The zero-order valence-corrected chi connectivity index (χ0v) is 9.07. The van der Waals surface area contributed by atoms with Gasteiger partial charge in [-0.25, -0.2) is 0 Å². The summed E-state index contributed by atoms with van der Waals surface area (Å²) in [7, 11) is 0. The van der Waals surface area contributed by atoms with Crippen molar-refractivity contribution in [1.29, 1.82) is 0 Å². The Labute approximate surface area is 86.0 Å². The first kappa shape index (κ1) is 10.5. The van der Waals surface area contributed by atoms with Crippen molar-refractivity contribution in [2.45, 2.75) is 19.8 Å². The number of thiocarbonyl (C=S) groups is 1. The number of nitrogens with one attached hydrogen (secondary N) is 1. The van der Waals surface area contributed by atoms with Crippen LogP contribution in [0.3, 0.4) is 0 Å². The lowest BCUT2D eigenvalue weighted by Gasteiger charge is -2.32. The van der Waals surface area contributed by atoms with Gasteiger partial charge in [-0.2, -0.15) is 0 Å². The van der Waals surface area contributed by atoms with Gasteiger partial charge in [0.2, 0.25) is 0 Å². The molecule has 0 aliphatic carbocycles. The van der Waals surface area contributed by atoms with Gasteiger partial charge in [-0.15, -0.1) is 6.58 Å². The number of hydrogen-bond donors (Lipinski definition) is 1. The summed E-state index contributed by atoms with van der Waals surface area (Å²) in [5.74, 6) is 0.775. The molecular weight excluding hydrogens is 180 g/mol. The van der Waals surface area contributed by atoms with Crippen LogP contribution in [0, 0.1) is 5.92 Å². The minimum atomic E-state index is 0.768. The molecule has 0 bridgehead atoms. The molecule has 1 atom stereocenters. The smallest absolute Gasteiger partial charge is 0.169 e. The van der Waals surface area contributed by atoms with E-state index in [1.54, 1.807) is 0 Å². The topological polar surface area (TPSA) is 15.3 Å². The first-order valence-electron chi connectivity index (χ1n) is 4.87. The molecule has 0 aromatic rings. The van der Waals surface area contributed by atoms with Crippen LogP contribution < -0.4 is 5.32 Å². The van der Waals surface area contributed by atoms with E-state index >= 15 is 0 Å². The van der Waals surface area contributed by atoms with Crippen LogP contribution in [0.4, 0.5) is 0 Å². The second-order valence-corrected chi connectivity index (χ2v) is 4.05. The standard InChI is InChI=1S/C10H18N2S/c1-3-6-11-10(13)12-7-4-5-9(2)8-12/h3,9H,1,4-8H2,2H3,(H,11,13). The van der Waals surface area contributed by atoms with E-state index in [1.165, 1.54) is 12.8 Å². The van der Waals surface area contributed by atoms with E-state index in [2.05, 4.69) is 23.7 Å². The molecule has 74 valence electrons. The molecule has 0 aromatic carbocycles. The first-order chi connectivity index (χ1) is 6.24. The molecule has 3 heteroatoms. The molecule has 0 aromatic heterocycles. The van der Waals surface area contributed by atoms with E-state index in [0.717, 1.165) is 30.7 Å². The fourth-order valence-electron chi connectivity index (χ4n) is 1.65. The van der Waals surface area contributed by atoms with Gasteiger partial charge in [0, 0.05) is 19.6 Å². The average Bonchev–Trinajstić information content (AvgIpc) is 2.14. The molecule has 2 nitrogen and oxygen atoms in total. The Morgan fingerprint density at radius 3 is 3.15 bits per heavy atom. The molecule has 0 amide bonds. The van der Waals surface area contributed by atoms with Crippen molar-refractivity contribution in [1.82, 2.24) is 10.2 Å². The lowest BCUT2D eigenvalue weighted by atomic mass is 10.0. The van der Waals surface area contributed by atoms with Crippen molar-refractivity contribution in [3.05, 3.63) is 12.7 Å². The molecule has 1 fully saturated rings. The Hall–Kier alpha value is -0.570. The summed E-state index contributed by atoms with van der Waals surface area (Å²) < 4.78 is 0. The maximum absolute atomic E-state index is 5.26. The van der Waals surface area contributed by atoms with E-state index in [4.69, 9.17) is 12.2 Å². The third-order valence-corrected chi connectivity index (χ3v) is 2.74. The molecular formula is C10H18N2S. The third-order valence-electron chi connectivity index (χ3n) is 2.34. The van der Waals surface area contributed by atoms with Crippen molar-refractivity contribution >= 4 is 17.3 Å². The van der Waals surface area contributed by atoms with E-state index in [9.17, 15) is 0 Å². The fraction of sp³-hybridized carbons (Fsp3) is 0.700. The highest BCUT2D eigenvalue weighted by atomic mass is 32.1. The molecule has 0 spiro atoms. The normalized spacial score (nSPS) is 22.5. The number of hydrogen-bond acceptors (Lipinski definition) is 1. The number of rotatable bonds is 2. The van der Waals surface area contributed by atoms with Gasteiger partial charge in [-0.05, 0) is 31.0 Å². The fourth-order valence-corrected chi connectivity index (χ4v) is 1.89. The second-order valence-electron chi connectivity index (χ2n) is 3.67. The van der Waals surface area contributed by atoms with Crippen molar-refractivity contribution in [3.8, 4) is 0 Å². The zero-order chi connectivity index (χ0) is 9.68. The van der Waals surface area contributed by atoms with Gasteiger partial charge >= 0.3 is 0 Å². The Bertz CT molecular complexity index is 191. The summed E-state index contributed by atoms with van der Waals surface area (Å²) in [4.78, 5) is 2.26. The zero-order valence-electron chi connectivity index (χ0n) is 8.25. The molecule has 0 saturated carbocycles. The van der Waals surface area contributed by atoms with E-state index in [0.29, 0.717) is 0 Å². The van der Waals surface area contributed by atoms with Crippen molar-refractivity contribution in [2.24, 2.45) is 5.92 Å². The minimum Gasteiger partial charge on any atom is -0.359 e. The molecule has 0 radical (unpaired) electrons. The van der Waals surface area contributed by atoms with Gasteiger partial charge in [-0.1, -0.05) is 13.0 Å². The van der Waals surface area contributed by atoms with Crippen LogP contribution in [-0.4, -0.2) is 29.6 Å². The summed E-state index contributed by atoms with van der Waals surface area (Å²) in [6, 6.07) is 0. The average molecular weight is 198 g/mol. The Morgan fingerprint density at radius 2 is 2.54 bits per heavy atom. The molecule has 13 heavy (non-hydrogen) atoms. The monoisotopic (exact) mass is 198 g/mol. The molecule has 1 rings (SSSR count). The highest BCUT2D eigenvalue weighted by Gasteiger charge is 2.17. The van der Waals surface area contributed by atoms with Gasteiger partial charge in [0.25, 0.3) is 0 Å². The lowest BCUT2D eigenvalue weighted by molar-refractivity contribution is 0.271. The van der Waals surface area contributed by atoms with Crippen LogP contribution in [-0.2, 0) is 0 Å². The van der Waals surface area contributed by atoms with Crippen LogP contribution in [0.1, 0.15) is 19.8 Å². The van der Waals surface area contributed by atoms with Gasteiger partial charge in [0.15, 0.2) is 5.11 Å². The number of nitrogens with zero attached hydrogens (tertiary/aromatic N) is 1. The molecule has 1 saturated heterocycles. The van der Waals surface area contributed by atoms with Crippen LogP contribution in [0.2, 0.25) is 0 Å². The van der Waals surface area contributed by atoms with Gasteiger partial charge in [0.05, 0.1) is 0 Å². The summed E-state index contributed by atoms with van der Waals surface area (Å²) in [6.45, 7) is 8.90. The molecule has 1 heterocycles. The van der Waals surface area contributed by atoms with E-state index in [-0.39, 0.29) is 0 Å². The SMILES string of the molecule is C=CCNC(=S)N1CCCC(C)C1. The van der Waals surface area contributed by atoms with Gasteiger partial charge in [0.1, 0.15) is 0 Å². The van der Waals surface area contributed by atoms with Crippen LogP contribution >= 0.6 is 12.2 Å². The minimum absolute atomic E-state index is 0.768. The van der Waals surface area contributed by atoms with E-state index in [1.807, 2.05) is 6.08 Å². The predicted molar refractivity (Wildman–Crippen MR) is 60.8 cm³/mol. The maximum atomic E-state index is 5.26. The summed E-state index contributed by atoms with van der Waals surface area (Å²) in [5.41, 5.74) is 0. The number of piperidine rings is 1. The first-order valence-corrected chi connectivity index (χ1v) is 5.28. The number of likely N-dealkylation sites (tertiary alicyclic amines) is 1. The van der Waals surface area contributed by atoms with Gasteiger partial charge in [-0.3, -0.25) is 0 Å². The van der Waals surface area contributed by atoms with Crippen molar-refractivity contribution in [3.63, 3.8) is 0 Å². The molecule has 1 aliphatic heterocycles. The largest absolute Gasteiger partial charge is 0.359 e. The summed E-state index contributed by atoms with van der Waals surface area (Å²) in [5, 5.41) is 4.04. The predicted octanol–water partition coefficient (Wildman–Crippen LogP) is 1.78. The third kappa shape index (κ3) is 3.35. The maximum Gasteiger partial charge on any atom is 0.169 e. The van der Waals surface area contributed by atoms with Crippen molar-refractivity contribution < 1.29 is 0 Å². The molecule has 1 unspecified atom stereocenters. The lowest BCUT2D eigenvalue weighted by Crippen LogP contribution is -2.44. The van der Waals surface area contributed by atoms with E-state index < -0.39 is 0 Å². The van der Waals surface area contributed by atoms with Crippen molar-refractivity contribution in [2.75, 3.05) is 19.6 Å². The Morgan fingerprint density at radius 1 is 1.77 bits per heavy atom.